The van der Waals surface area contributed by atoms with Crippen molar-refractivity contribution in [3.8, 4) is 11.4 Å². The third-order valence-corrected chi connectivity index (χ3v) is 3.06. The largest absolute Gasteiger partial charge is 0.326 e. The summed E-state index contributed by atoms with van der Waals surface area (Å²) < 4.78 is 18.7. The number of nitrogens with one attached hydrogen (secondary N) is 1. The molecule has 5 nitrogen and oxygen atoms in total. The van der Waals surface area contributed by atoms with Gasteiger partial charge in [0.1, 0.15) is 5.82 Å². The molecule has 3 aromatic rings. The number of hydrogen-bond acceptors (Lipinski definition) is 5. The monoisotopic (exact) mass is 297 g/mol. The van der Waals surface area contributed by atoms with Crippen LogP contribution in [0.5, 0.6) is 0 Å². The fraction of sp³-hybridized carbons (Fsp3) is 0.0625. The summed E-state index contributed by atoms with van der Waals surface area (Å²) in [4.78, 5) is 15.5. The van der Waals surface area contributed by atoms with Gasteiger partial charge in [0.05, 0.1) is 5.56 Å². The highest BCUT2D eigenvalue weighted by Crippen LogP contribution is 2.22. The van der Waals surface area contributed by atoms with Crippen LogP contribution >= 0.6 is 0 Å². The second kappa shape index (κ2) is 5.77. The number of carbonyl (C=O) groups is 1. The summed E-state index contributed by atoms with van der Waals surface area (Å²) in [5.41, 5.74) is 1.46. The number of benzene rings is 2. The highest BCUT2D eigenvalue weighted by atomic mass is 19.1. The highest BCUT2D eigenvalue weighted by Gasteiger charge is 2.12. The van der Waals surface area contributed by atoms with Crippen molar-refractivity contribution in [2.24, 2.45) is 0 Å². The van der Waals surface area contributed by atoms with Crippen LogP contribution in [-0.2, 0) is 0 Å². The third kappa shape index (κ3) is 2.85. The average molecular weight is 297 g/mol. The van der Waals surface area contributed by atoms with E-state index in [2.05, 4.69) is 15.5 Å². The quantitative estimate of drug-likeness (QED) is 0.741. The van der Waals surface area contributed by atoms with Crippen molar-refractivity contribution < 1.29 is 13.7 Å². The second-order valence-corrected chi connectivity index (χ2v) is 4.66. The molecule has 3 rings (SSSR count). The summed E-state index contributed by atoms with van der Waals surface area (Å²) in [5.74, 6) is -0.307. The smallest absolute Gasteiger partial charge is 0.315 e. The van der Waals surface area contributed by atoms with E-state index in [1.54, 1.807) is 42.5 Å². The Hall–Kier alpha value is -3.02. The average Bonchev–Trinajstić information content (AvgIpc) is 2.96. The molecule has 0 amide bonds. The first-order valence-electron chi connectivity index (χ1n) is 6.60. The first kappa shape index (κ1) is 13.9. The van der Waals surface area contributed by atoms with Gasteiger partial charge in [-0.25, -0.2) is 4.39 Å². The number of aromatic nitrogens is 2. The Morgan fingerprint density at radius 1 is 1.18 bits per heavy atom. The molecule has 0 unspecified atom stereocenters. The van der Waals surface area contributed by atoms with Gasteiger partial charge in [-0.15, -0.1) is 0 Å². The lowest BCUT2D eigenvalue weighted by molar-refractivity contribution is 0.101. The predicted octanol–water partition coefficient (Wildman–Crippen LogP) is 3.82. The molecule has 0 bridgehead atoms. The number of ketones is 1. The molecule has 2 aromatic carbocycles. The molecule has 1 heterocycles. The van der Waals surface area contributed by atoms with Gasteiger partial charge in [-0.3, -0.25) is 4.79 Å². The Kier molecular flexibility index (Phi) is 3.65. The molecule has 0 radical (unpaired) electrons. The van der Waals surface area contributed by atoms with Crippen LogP contribution in [0, 0.1) is 5.82 Å². The molecule has 6 heteroatoms. The Balaban J connectivity index is 1.85. The summed E-state index contributed by atoms with van der Waals surface area (Å²) in [6.07, 6.45) is 0. The normalized spacial score (nSPS) is 10.5. The molecule has 0 aliphatic heterocycles. The van der Waals surface area contributed by atoms with Crippen molar-refractivity contribution in [2.45, 2.75) is 6.92 Å². The lowest BCUT2D eigenvalue weighted by atomic mass is 10.1. The van der Waals surface area contributed by atoms with Gasteiger partial charge in [-0.2, -0.15) is 4.98 Å². The van der Waals surface area contributed by atoms with Crippen LogP contribution in [0.1, 0.15) is 17.3 Å². The minimum atomic E-state index is -0.423. The summed E-state index contributed by atoms with van der Waals surface area (Å²) in [6, 6.07) is 13.2. The van der Waals surface area contributed by atoms with Crippen LogP contribution in [0.3, 0.4) is 0 Å². The van der Waals surface area contributed by atoms with Gasteiger partial charge >= 0.3 is 6.01 Å². The Morgan fingerprint density at radius 2 is 2.00 bits per heavy atom. The fourth-order valence-corrected chi connectivity index (χ4v) is 1.97. The maximum Gasteiger partial charge on any atom is 0.326 e. The molecule has 0 fully saturated rings. The van der Waals surface area contributed by atoms with Crippen LogP contribution in [0.4, 0.5) is 16.1 Å². The zero-order valence-corrected chi connectivity index (χ0v) is 11.7. The first-order chi connectivity index (χ1) is 10.6. The minimum absolute atomic E-state index is 0.0405. The van der Waals surface area contributed by atoms with Gasteiger partial charge in [0, 0.05) is 11.3 Å². The van der Waals surface area contributed by atoms with Gasteiger partial charge in [0.2, 0.25) is 5.82 Å². The van der Waals surface area contributed by atoms with Crippen molar-refractivity contribution in [1.29, 1.82) is 0 Å². The van der Waals surface area contributed by atoms with Crippen LogP contribution in [0.2, 0.25) is 0 Å². The lowest BCUT2D eigenvalue weighted by Gasteiger charge is -2.02. The molecule has 0 aliphatic rings. The number of halogens is 1. The lowest BCUT2D eigenvalue weighted by Crippen LogP contribution is -1.95. The number of rotatable bonds is 4. The van der Waals surface area contributed by atoms with E-state index >= 15 is 0 Å². The Labute approximate surface area is 125 Å². The van der Waals surface area contributed by atoms with Gasteiger partial charge in [-0.1, -0.05) is 29.4 Å². The van der Waals surface area contributed by atoms with Crippen molar-refractivity contribution >= 4 is 17.5 Å². The zero-order valence-electron chi connectivity index (χ0n) is 11.7. The van der Waals surface area contributed by atoms with Crippen LogP contribution in [0.15, 0.2) is 53.1 Å². The van der Waals surface area contributed by atoms with E-state index in [0.717, 1.165) is 0 Å². The molecule has 1 aromatic heterocycles. The summed E-state index contributed by atoms with van der Waals surface area (Å²) in [5, 5.41) is 6.64. The number of carbonyl (C=O) groups excluding carboxylic acids is 1. The maximum absolute atomic E-state index is 13.7. The standard InChI is InChI=1S/C16H12FN3O2/c1-10(21)11-5-4-6-12(9-11)18-16-19-15(20-22-16)13-7-2-3-8-14(13)17/h2-9H,1H3,(H,18,19,20). The number of anilines is 2. The summed E-state index contributed by atoms with van der Waals surface area (Å²) in [6.45, 7) is 1.49. The molecule has 110 valence electrons. The Bertz CT molecular complexity index is 830. The van der Waals surface area contributed by atoms with Crippen molar-refractivity contribution in [2.75, 3.05) is 5.32 Å². The molecular weight excluding hydrogens is 285 g/mol. The number of hydrogen-bond donors (Lipinski definition) is 1. The predicted molar refractivity (Wildman–Crippen MR) is 79.4 cm³/mol. The van der Waals surface area contributed by atoms with E-state index in [-0.39, 0.29) is 23.2 Å². The topological polar surface area (TPSA) is 68.0 Å². The van der Waals surface area contributed by atoms with E-state index in [0.29, 0.717) is 11.3 Å². The zero-order chi connectivity index (χ0) is 15.5. The van der Waals surface area contributed by atoms with E-state index in [1.807, 2.05) is 0 Å². The van der Waals surface area contributed by atoms with Gasteiger partial charge in [-0.05, 0) is 31.2 Å². The number of Topliss-reactive ketones (excluding diaryl/α,β-unsaturated/α-hetero) is 1. The van der Waals surface area contributed by atoms with Gasteiger partial charge in [0.15, 0.2) is 5.78 Å². The SMILES string of the molecule is CC(=O)c1cccc(Nc2nc(-c3ccccc3F)no2)c1. The van der Waals surface area contributed by atoms with Crippen LogP contribution in [-0.4, -0.2) is 15.9 Å². The Morgan fingerprint density at radius 3 is 2.77 bits per heavy atom. The molecule has 0 saturated carbocycles. The highest BCUT2D eigenvalue weighted by molar-refractivity contribution is 5.95. The summed E-state index contributed by atoms with van der Waals surface area (Å²) in [7, 11) is 0. The van der Waals surface area contributed by atoms with E-state index in [9.17, 15) is 9.18 Å². The van der Waals surface area contributed by atoms with Crippen molar-refractivity contribution in [1.82, 2.24) is 10.1 Å². The van der Waals surface area contributed by atoms with Crippen molar-refractivity contribution in [3.63, 3.8) is 0 Å². The maximum atomic E-state index is 13.7. The van der Waals surface area contributed by atoms with Crippen LogP contribution in [0.25, 0.3) is 11.4 Å². The van der Waals surface area contributed by atoms with Crippen molar-refractivity contribution in [3.05, 3.63) is 59.9 Å². The summed E-state index contributed by atoms with van der Waals surface area (Å²) >= 11 is 0. The molecule has 0 spiro atoms. The molecule has 0 aliphatic carbocycles. The minimum Gasteiger partial charge on any atom is -0.315 e. The fourth-order valence-electron chi connectivity index (χ4n) is 1.97. The molecule has 1 N–H and O–H groups in total. The van der Waals surface area contributed by atoms with Gasteiger partial charge < -0.3 is 9.84 Å². The number of nitrogens with zero attached hydrogens (tertiary/aromatic N) is 2. The first-order valence-corrected chi connectivity index (χ1v) is 6.60. The molecule has 0 atom stereocenters. The second-order valence-electron chi connectivity index (χ2n) is 4.66. The van der Waals surface area contributed by atoms with E-state index in [4.69, 9.17) is 4.52 Å². The van der Waals surface area contributed by atoms with E-state index in [1.165, 1.54) is 13.0 Å². The third-order valence-electron chi connectivity index (χ3n) is 3.06. The molecular formula is C16H12FN3O2. The van der Waals surface area contributed by atoms with E-state index < -0.39 is 5.82 Å². The molecule has 0 saturated heterocycles. The molecule has 22 heavy (non-hydrogen) atoms. The van der Waals surface area contributed by atoms with Crippen LogP contribution < -0.4 is 5.32 Å². The van der Waals surface area contributed by atoms with Gasteiger partial charge in [0.25, 0.3) is 0 Å².